The molecule has 0 bridgehead atoms. The Morgan fingerprint density at radius 1 is 0.793 bits per heavy atom. The van der Waals surface area contributed by atoms with Crippen LogP contribution in [0.3, 0.4) is 0 Å². The number of H-pyrrole nitrogens is 1. The molecule has 7 rings (SSSR count). The zero-order chi connectivity index (χ0) is 41.1. The lowest BCUT2D eigenvalue weighted by Crippen LogP contribution is -2.53. The Kier molecular flexibility index (Phi) is 12.0. The predicted molar refractivity (Wildman–Crippen MR) is 215 cm³/mol. The number of aromatic nitrogens is 2. The molecule has 3 aromatic rings. The number of benzene rings is 2. The number of aromatic amines is 1. The molecule has 0 saturated carbocycles. The van der Waals surface area contributed by atoms with E-state index in [1.807, 2.05) is 52.0 Å². The molecule has 3 saturated heterocycles. The summed E-state index contributed by atoms with van der Waals surface area (Å²) in [6.45, 7) is 9.62. The van der Waals surface area contributed by atoms with Crippen LogP contribution in [0.5, 0.6) is 0 Å². The molecule has 58 heavy (non-hydrogen) atoms. The molecule has 0 aliphatic carbocycles. The average Bonchev–Trinajstić information content (AvgIpc) is 4.09. The maximum Gasteiger partial charge on any atom is 0.407 e. The second kappa shape index (κ2) is 17.1. The fourth-order valence-corrected chi connectivity index (χ4v) is 8.13. The van der Waals surface area contributed by atoms with Crippen LogP contribution in [0.1, 0.15) is 64.4 Å². The number of rotatable bonds is 11. The quantitative estimate of drug-likeness (QED) is 0.247. The van der Waals surface area contributed by atoms with Crippen molar-refractivity contribution in [1.29, 1.82) is 0 Å². The highest BCUT2D eigenvalue weighted by molar-refractivity contribution is 6.14. The molecule has 4 aliphatic heterocycles. The number of nitrogens with one attached hydrogen (secondary N) is 3. The number of hydrogen-bond acceptors (Lipinski definition) is 11. The summed E-state index contributed by atoms with van der Waals surface area (Å²) in [6.07, 6.45) is 2.45. The van der Waals surface area contributed by atoms with E-state index in [1.54, 1.807) is 16.0 Å². The van der Waals surface area contributed by atoms with Gasteiger partial charge in [-0.2, -0.15) is 0 Å². The van der Waals surface area contributed by atoms with Gasteiger partial charge in [0.25, 0.3) is 0 Å². The van der Waals surface area contributed by atoms with E-state index < -0.39 is 36.1 Å². The van der Waals surface area contributed by atoms with Crippen LogP contribution in [-0.2, 0) is 28.5 Å². The van der Waals surface area contributed by atoms with Crippen molar-refractivity contribution < 1.29 is 38.1 Å². The van der Waals surface area contributed by atoms with Crippen molar-refractivity contribution in [2.45, 2.75) is 76.9 Å². The first-order chi connectivity index (χ1) is 27.9. The maximum atomic E-state index is 13.9. The number of hydrogen-bond donors (Lipinski definition) is 3. The Labute approximate surface area is 337 Å². The van der Waals surface area contributed by atoms with Gasteiger partial charge in [-0.1, -0.05) is 76.2 Å². The number of ether oxygens (including phenoxy) is 4. The zero-order valence-corrected chi connectivity index (χ0v) is 33.8. The number of likely N-dealkylation sites (tertiary alicyclic amines) is 2. The van der Waals surface area contributed by atoms with E-state index in [4.69, 9.17) is 33.9 Å². The number of carbonyl (C=O) groups excluding carboxylic acids is 4. The Bertz CT molecular complexity index is 2050. The van der Waals surface area contributed by atoms with Gasteiger partial charge in [-0.3, -0.25) is 14.6 Å². The third kappa shape index (κ3) is 8.34. The molecule has 3 N–H and O–H groups in total. The summed E-state index contributed by atoms with van der Waals surface area (Å²) in [5, 5.41) is 5.38. The van der Waals surface area contributed by atoms with Crippen LogP contribution in [-0.4, -0.2) is 126 Å². The molecule has 5 heterocycles. The lowest BCUT2D eigenvalue weighted by atomic mass is 10.0. The molecule has 308 valence electrons. The molecule has 0 unspecified atom stereocenters. The van der Waals surface area contributed by atoms with Crippen molar-refractivity contribution >= 4 is 35.5 Å². The van der Waals surface area contributed by atoms with Gasteiger partial charge in [0.2, 0.25) is 11.8 Å². The molecule has 0 radical (unpaired) electrons. The molecule has 1 spiro atoms. The Hall–Kier alpha value is -5.61. The second-order valence-corrected chi connectivity index (χ2v) is 15.8. The van der Waals surface area contributed by atoms with Crippen LogP contribution in [0.15, 0.2) is 64.7 Å². The van der Waals surface area contributed by atoms with Crippen molar-refractivity contribution in [3.05, 3.63) is 66.1 Å². The minimum atomic E-state index is -0.933. The van der Waals surface area contributed by atoms with Gasteiger partial charge in [0.15, 0.2) is 5.79 Å². The maximum absolute atomic E-state index is 13.9. The van der Waals surface area contributed by atoms with E-state index in [9.17, 15) is 19.2 Å². The molecule has 1 aromatic heterocycles. The molecule has 2 aromatic carbocycles. The molecule has 16 nitrogen and oxygen atoms in total. The van der Waals surface area contributed by atoms with E-state index in [0.717, 1.165) is 46.5 Å². The number of nitrogens with zero attached hydrogens (tertiary/aromatic N) is 5. The van der Waals surface area contributed by atoms with Gasteiger partial charge in [0.05, 0.1) is 70.2 Å². The van der Waals surface area contributed by atoms with Gasteiger partial charge in [-0.25, -0.2) is 19.6 Å². The van der Waals surface area contributed by atoms with Gasteiger partial charge in [0.1, 0.15) is 23.7 Å². The van der Waals surface area contributed by atoms with Gasteiger partial charge in [0, 0.05) is 13.0 Å². The number of amidine groups is 1. The number of amides is 4. The van der Waals surface area contributed by atoms with Gasteiger partial charge in [-0.05, 0) is 46.9 Å². The number of imidazole rings is 1. The first kappa shape index (κ1) is 40.6. The van der Waals surface area contributed by atoms with Crippen molar-refractivity contribution in [3.8, 4) is 22.4 Å². The molecule has 4 amide bonds. The van der Waals surface area contributed by atoms with Crippen molar-refractivity contribution in [1.82, 2.24) is 30.4 Å². The third-order valence-electron chi connectivity index (χ3n) is 11.3. The highest BCUT2D eigenvalue weighted by atomic mass is 16.7. The van der Waals surface area contributed by atoms with E-state index in [-0.39, 0.29) is 36.2 Å². The lowest BCUT2D eigenvalue weighted by molar-refractivity contribution is -0.153. The summed E-state index contributed by atoms with van der Waals surface area (Å²) in [6, 6.07) is 14.1. The average molecular weight is 797 g/mol. The number of methoxy groups -OCH3 is 2. The van der Waals surface area contributed by atoms with E-state index in [2.05, 4.69) is 39.9 Å². The summed E-state index contributed by atoms with van der Waals surface area (Å²) < 4.78 is 21.6. The van der Waals surface area contributed by atoms with Crippen molar-refractivity contribution in [3.63, 3.8) is 0 Å². The minimum absolute atomic E-state index is 0.115. The normalized spacial score (nSPS) is 21.0. The fourth-order valence-electron chi connectivity index (χ4n) is 8.13. The summed E-state index contributed by atoms with van der Waals surface area (Å²) in [7, 11) is 2.55. The van der Waals surface area contributed by atoms with Crippen LogP contribution in [0.2, 0.25) is 0 Å². The second-order valence-electron chi connectivity index (χ2n) is 15.8. The van der Waals surface area contributed by atoms with Gasteiger partial charge in [-0.15, -0.1) is 0 Å². The van der Waals surface area contributed by atoms with Crippen LogP contribution >= 0.6 is 0 Å². The molecule has 4 aliphatic rings. The Morgan fingerprint density at radius 2 is 1.34 bits per heavy atom. The van der Waals surface area contributed by atoms with Crippen LogP contribution in [0.4, 0.5) is 9.59 Å². The minimum Gasteiger partial charge on any atom is -0.453 e. The SMILES string of the molecule is COC(=O)N[C@H](C(=O)N1CCC[C@H]1C1=NCC(c2ccc(-c3ccc(-c4cnc([C@@H]5CC6(CN5C(=O)[C@@H](NC(=O)OC)C(C)C)OCCO6)[nH]4)cc3)cc2)=N1)C(C)C. The molecule has 4 atom stereocenters. The largest absolute Gasteiger partial charge is 0.453 e. The van der Waals surface area contributed by atoms with Crippen molar-refractivity contribution in [2.24, 2.45) is 21.8 Å². The molecule has 3 fully saturated rings. The highest BCUT2D eigenvalue weighted by Gasteiger charge is 2.53. The lowest BCUT2D eigenvalue weighted by Gasteiger charge is -2.30. The first-order valence-corrected chi connectivity index (χ1v) is 19.9. The zero-order valence-electron chi connectivity index (χ0n) is 33.8. The van der Waals surface area contributed by atoms with Gasteiger partial charge >= 0.3 is 12.2 Å². The van der Waals surface area contributed by atoms with Crippen LogP contribution in [0, 0.1) is 11.8 Å². The third-order valence-corrected chi connectivity index (χ3v) is 11.3. The molecular formula is C42H52N8O8. The first-order valence-electron chi connectivity index (χ1n) is 19.9. The standard InChI is InChI=1S/C42H52N8O8/c1-24(2)34(47-40(53)55-5)38(51)49-17-7-8-32(49)36-43-21-30(45-36)28-13-9-26(10-14-28)27-11-15-29(16-12-27)31-22-44-37(46-31)33-20-42(57-18-19-58-42)23-50(33)39(52)35(25(3)4)48-41(54)56-6/h9-16,22,24-25,32-35H,7-8,17-21,23H2,1-6H3,(H,44,46)(H,47,53)(H,48,54)/t32-,33-,34-,35-/m0/s1. The Balaban J connectivity index is 1.02. The van der Waals surface area contributed by atoms with E-state index in [0.29, 0.717) is 44.4 Å². The van der Waals surface area contributed by atoms with E-state index in [1.165, 1.54) is 14.2 Å². The summed E-state index contributed by atoms with van der Waals surface area (Å²) >= 11 is 0. The number of alkyl carbamates (subject to hydrolysis) is 2. The number of carbonyl (C=O) groups is 4. The summed E-state index contributed by atoms with van der Waals surface area (Å²) in [4.78, 5) is 72.8. The monoisotopic (exact) mass is 796 g/mol. The smallest absolute Gasteiger partial charge is 0.407 e. The van der Waals surface area contributed by atoms with Crippen LogP contribution < -0.4 is 10.6 Å². The number of aliphatic imine (C=N–C) groups is 2. The van der Waals surface area contributed by atoms with Gasteiger partial charge < -0.3 is 44.4 Å². The molecular weight excluding hydrogens is 745 g/mol. The van der Waals surface area contributed by atoms with E-state index >= 15 is 0 Å². The fraction of sp³-hybridized carbons (Fsp3) is 0.500. The predicted octanol–water partition coefficient (Wildman–Crippen LogP) is 4.71. The summed E-state index contributed by atoms with van der Waals surface area (Å²) in [5.41, 5.74) is 5.59. The Morgan fingerprint density at radius 3 is 1.91 bits per heavy atom. The topological polar surface area (TPSA) is 189 Å². The highest BCUT2D eigenvalue weighted by Crippen LogP contribution is 2.42. The van der Waals surface area contributed by atoms with Crippen molar-refractivity contribution in [2.75, 3.05) is 47.1 Å². The summed E-state index contributed by atoms with van der Waals surface area (Å²) in [5.74, 6) is -0.411. The molecule has 16 heteroatoms. The van der Waals surface area contributed by atoms with Crippen LogP contribution in [0.25, 0.3) is 22.4 Å².